The van der Waals surface area contributed by atoms with Crippen LogP contribution in [0.4, 0.5) is 18.9 Å². The molecule has 1 fully saturated rings. The molecule has 0 bridgehead atoms. The van der Waals surface area contributed by atoms with Gasteiger partial charge >= 0.3 is 6.18 Å². The number of nitro benzene ring substituents is 1. The van der Waals surface area contributed by atoms with Crippen LogP contribution in [-0.4, -0.2) is 52.3 Å². The van der Waals surface area contributed by atoms with Gasteiger partial charge in [-0.1, -0.05) is 42.5 Å². The molecule has 1 aliphatic heterocycles. The molecular formula is C22H20F3N3O4. The van der Waals surface area contributed by atoms with Crippen LogP contribution >= 0.6 is 0 Å². The first-order valence-electron chi connectivity index (χ1n) is 9.55. The van der Waals surface area contributed by atoms with Gasteiger partial charge in [0.15, 0.2) is 0 Å². The van der Waals surface area contributed by atoms with E-state index in [1.54, 1.807) is 18.2 Å². The van der Waals surface area contributed by atoms with Crippen LogP contribution in [0, 0.1) is 10.1 Å². The van der Waals surface area contributed by atoms with Crippen molar-refractivity contribution in [3.63, 3.8) is 0 Å². The second kappa shape index (κ2) is 8.10. The number of carbonyl (C=O) groups is 2. The molecule has 1 unspecified atom stereocenters. The minimum Gasteiger partial charge on any atom is -0.318 e. The normalized spacial score (nSPS) is 21.1. The zero-order chi connectivity index (χ0) is 23.8. The van der Waals surface area contributed by atoms with Crippen LogP contribution in [0.5, 0.6) is 0 Å². The van der Waals surface area contributed by atoms with E-state index in [4.69, 9.17) is 0 Å². The van der Waals surface area contributed by atoms with Gasteiger partial charge in [-0.15, -0.1) is 0 Å². The van der Waals surface area contributed by atoms with Crippen molar-refractivity contribution in [2.24, 2.45) is 0 Å². The van der Waals surface area contributed by atoms with Crippen LogP contribution in [0.25, 0.3) is 5.57 Å². The molecule has 0 spiro atoms. The first kappa shape index (κ1) is 23.0. The molecule has 0 aliphatic carbocycles. The lowest BCUT2D eigenvalue weighted by atomic mass is 9.83. The summed E-state index contributed by atoms with van der Waals surface area (Å²) in [5.74, 6) is -2.40. The number of allylic oxidation sites excluding steroid dienone is 1. The van der Waals surface area contributed by atoms with E-state index in [9.17, 15) is 32.9 Å². The summed E-state index contributed by atoms with van der Waals surface area (Å²) < 4.78 is 43.2. The molecule has 7 nitrogen and oxygen atoms in total. The van der Waals surface area contributed by atoms with E-state index < -0.39 is 34.9 Å². The summed E-state index contributed by atoms with van der Waals surface area (Å²) >= 11 is 0. The van der Waals surface area contributed by atoms with E-state index in [2.05, 4.69) is 0 Å². The molecule has 2 aromatic carbocycles. The van der Waals surface area contributed by atoms with Crippen molar-refractivity contribution in [3.8, 4) is 0 Å². The predicted octanol–water partition coefficient (Wildman–Crippen LogP) is 3.80. The second-order valence-corrected chi connectivity index (χ2v) is 7.50. The van der Waals surface area contributed by atoms with Crippen molar-refractivity contribution in [3.05, 3.63) is 81.5 Å². The van der Waals surface area contributed by atoms with Crippen LogP contribution in [0.1, 0.15) is 18.1 Å². The topological polar surface area (TPSA) is 83.8 Å². The first-order chi connectivity index (χ1) is 14.9. The maximum Gasteiger partial charge on any atom is 0.421 e. The quantitative estimate of drug-likeness (QED) is 0.406. The number of hydrogen-bond acceptors (Lipinski definition) is 4. The van der Waals surface area contributed by atoms with E-state index in [0.29, 0.717) is 9.80 Å². The van der Waals surface area contributed by atoms with Crippen LogP contribution in [0.3, 0.4) is 0 Å². The van der Waals surface area contributed by atoms with Crippen molar-refractivity contribution in [2.45, 2.75) is 25.1 Å². The summed E-state index contributed by atoms with van der Waals surface area (Å²) in [4.78, 5) is 38.3. The molecule has 0 saturated carbocycles. The van der Waals surface area contributed by atoms with Crippen molar-refractivity contribution in [1.29, 1.82) is 0 Å². The standard InChI is InChI=1S/C22H20F3N3O4/c1-14(16-11-7-8-12-17(16)28(31)32)18-19(29)27(3)21(22(23,24)25,20(30)26(18)2)13-15-9-5-4-6-10-15/h4-12H,13H2,1-3H3/b18-14-. The Labute approximate surface area is 181 Å². The Hall–Kier alpha value is -3.69. The Morgan fingerprint density at radius 3 is 2.16 bits per heavy atom. The zero-order valence-electron chi connectivity index (χ0n) is 17.5. The fourth-order valence-corrected chi connectivity index (χ4v) is 3.98. The van der Waals surface area contributed by atoms with E-state index in [1.807, 2.05) is 0 Å². The number of para-hydroxylation sites is 1. The highest BCUT2D eigenvalue weighted by atomic mass is 19.4. The minimum absolute atomic E-state index is 0.0282. The lowest BCUT2D eigenvalue weighted by Gasteiger charge is -2.48. The van der Waals surface area contributed by atoms with Gasteiger partial charge in [0, 0.05) is 26.6 Å². The van der Waals surface area contributed by atoms with E-state index >= 15 is 0 Å². The molecular weight excluding hydrogens is 427 g/mol. The largest absolute Gasteiger partial charge is 0.421 e. The van der Waals surface area contributed by atoms with Crippen molar-refractivity contribution >= 4 is 23.1 Å². The lowest BCUT2D eigenvalue weighted by molar-refractivity contribution is -0.385. The number of amides is 2. The van der Waals surface area contributed by atoms with Crippen molar-refractivity contribution in [1.82, 2.24) is 9.80 Å². The molecule has 0 N–H and O–H groups in total. The maximum absolute atomic E-state index is 14.4. The fourth-order valence-electron chi connectivity index (χ4n) is 3.98. The van der Waals surface area contributed by atoms with Gasteiger partial charge in [-0.05, 0) is 24.1 Å². The number of benzene rings is 2. The third kappa shape index (κ3) is 3.51. The zero-order valence-corrected chi connectivity index (χ0v) is 17.5. The third-order valence-electron chi connectivity index (χ3n) is 5.71. The van der Waals surface area contributed by atoms with Crippen LogP contribution in [0.2, 0.25) is 0 Å². The van der Waals surface area contributed by atoms with Gasteiger partial charge < -0.3 is 9.80 Å². The van der Waals surface area contributed by atoms with Gasteiger partial charge in [0.05, 0.1) is 10.5 Å². The SMILES string of the molecule is C/C(=C1\C(=O)N(C)C(Cc2ccccc2)(C(F)(F)F)C(=O)N1C)c1ccccc1[N+](=O)[O-]. The number of likely N-dealkylation sites (N-methyl/N-ethyl adjacent to an activating group) is 2. The molecule has 0 radical (unpaired) electrons. The number of alkyl halides is 3. The summed E-state index contributed by atoms with van der Waals surface area (Å²) in [5, 5.41) is 11.4. The van der Waals surface area contributed by atoms with E-state index in [-0.39, 0.29) is 28.1 Å². The fraction of sp³-hybridized carbons (Fsp3) is 0.273. The molecule has 2 amide bonds. The summed E-state index contributed by atoms with van der Waals surface area (Å²) in [7, 11) is 2.00. The van der Waals surface area contributed by atoms with Crippen molar-refractivity contribution in [2.75, 3.05) is 14.1 Å². The average molecular weight is 447 g/mol. The maximum atomic E-state index is 14.4. The Balaban J connectivity index is 2.20. The van der Waals surface area contributed by atoms with E-state index in [1.165, 1.54) is 43.3 Å². The lowest BCUT2D eigenvalue weighted by Crippen LogP contribution is -2.72. The Kier molecular flexibility index (Phi) is 5.82. The number of nitro groups is 1. The summed E-state index contributed by atoms with van der Waals surface area (Å²) in [5.41, 5.74) is -3.50. The number of hydrogen-bond donors (Lipinski definition) is 0. The molecule has 168 valence electrons. The molecule has 2 aromatic rings. The molecule has 0 aromatic heterocycles. The first-order valence-corrected chi connectivity index (χ1v) is 9.55. The molecule has 1 atom stereocenters. The number of rotatable bonds is 4. The Morgan fingerprint density at radius 1 is 1.03 bits per heavy atom. The smallest absolute Gasteiger partial charge is 0.318 e. The number of nitrogens with zero attached hydrogens (tertiary/aromatic N) is 3. The van der Waals surface area contributed by atoms with Gasteiger partial charge in [0.2, 0.25) is 5.54 Å². The van der Waals surface area contributed by atoms with Crippen LogP contribution in [0.15, 0.2) is 60.3 Å². The minimum atomic E-state index is -5.07. The third-order valence-corrected chi connectivity index (χ3v) is 5.71. The average Bonchev–Trinajstić information content (AvgIpc) is 2.75. The summed E-state index contributed by atoms with van der Waals surface area (Å²) in [6.07, 6.45) is -5.84. The second-order valence-electron chi connectivity index (χ2n) is 7.50. The highest BCUT2D eigenvalue weighted by Crippen LogP contribution is 2.44. The van der Waals surface area contributed by atoms with Crippen molar-refractivity contribution < 1.29 is 27.7 Å². The molecule has 3 rings (SSSR count). The highest BCUT2D eigenvalue weighted by Gasteiger charge is 2.68. The molecule has 1 saturated heterocycles. The van der Waals surface area contributed by atoms with Gasteiger partial charge in [-0.3, -0.25) is 19.7 Å². The summed E-state index contributed by atoms with van der Waals surface area (Å²) in [6, 6.07) is 13.1. The monoisotopic (exact) mass is 447 g/mol. The number of piperazine rings is 1. The number of carbonyl (C=O) groups excluding carboxylic acids is 2. The van der Waals surface area contributed by atoms with Gasteiger partial charge in [-0.25, -0.2) is 0 Å². The van der Waals surface area contributed by atoms with Gasteiger partial charge in [-0.2, -0.15) is 13.2 Å². The van der Waals surface area contributed by atoms with Crippen LogP contribution in [-0.2, 0) is 16.0 Å². The Bertz CT molecular complexity index is 1110. The Morgan fingerprint density at radius 2 is 1.59 bits per heavy atom. The van der Waals surface area contributed by atoms with Gasteiger partial charge in [0.25, 0.3) is 17.5 Å². The van der Waals surface area contributed by atoms with Gasteiger partial charge in [0.1, 0.15) is 5.70 Å². The summed E-state index contributed by atoms with van der Waals surface area (Å²) in [6.45, 7) is 1.37. The molecule has 10 heteroatoms. The highest BCUT2D eigenvalue weighted by molar-refractivity contribution is 6.11. The molecule has 1 aliphatic rings. The number of halogens is 3. The molecule has 32 heavy (non-hydrogen) atoms. The predicted molar refractivity (Wildman–Crippen MR) is 110 cm³/mol. The van der Waals surface area contributed by atoms with E-state index in [0.717, 1.165) is 14.1 Å². The van der Waals surface area contributed by atoms with Crippen LogP contribution < -0.4 is 0 Å². The molecule has 1 heterocycles.